The Bertz CT molecular complexity index is 1200. The fourth-order valence-electron chi connectivity index (χ4n) is 4.28. The van der Waals surface area contributed by atoms with E-state index in [4.69, 9.17) is 26.8 Å². The fraction of sp³-hybridized carbons (Fsp3) is 0.455. The zero-order valence-electron chi connectivity index (χ0n) is 18.6. The zero-order valence-corrected chi connectivity index (χ0v) is 19.3. The number of benzene rings is 1. The van der Waals surface area contributed by atoms with Crippen LogP contribution in [-0.2, 0) is 11.3 Å². The number of halogens is 1. The van der Waals surface area contributed by atoms with Crippen LogP contribution in [0.1, 0.15) is 42.3 Å². The first-order valence-electron chi connectivity index (χ1n) is 10.4. The highest BCUT2D eigenvalue weighted by atomic mass is 35.5. The maximum Gasteiger partial charge on any atom is 0.164 e. The van der Waals surface area contributed by atoms with Gasteiger partial charge >= 0.3 is 0 Å². The van der Waals surface area contributed by atoms with Crippen molar-refractivity contribution in [2.45, 2.75) is 39.5 Å². The van der Waals surface area contributed by atoms with Crippen LogP contribution in [0, 0.1) is 18.3 Å². The summed E-state index contributed by atoms with van der Waals surface area (Å²) in [7, 11) is 1.68. The van der Waals surface area contributed by atoms with E-state index in [0.717, 1.165) is 28.8 Å². The fourth-order valence-corrected chi connectivity index (χ4v) is 4.55. The van der Waals surface area contributed by atoms with Gasteiger partial charge in [0.25, 0.3) is 0 Å². The van der Waals surface area contributed by atoms with Crippen LogP contribution in [0.5, 0.6) is 5.75 Å². The summed E-state index contributed by atoms with van der Waals surface area (Å²) in [6, 6.07) is 3.79. The topological polar surface area (TPSA) is 115 Å². The number of methoxy groups -OCH3 is 1. The lowest BCUT2D eigenvalue weighted by Crippen LogP contribution is -2.33. The molecular formula is C22H26ClN7O2. The Hall–Kier alpha value is -2.93. The van der Waals surface area contributed by atoms with Gasteiger partial charge < -0.3 is 15.2 Å². The molecule has 0 saturated heterocycles. The van der Waals surface area contributed by atoms with Crippen molar-refractivity contribution in [3.63, 3.8) is 0 Å². The van der Waals surface area contributed by atoms with E-state index in [1.54, 1.807) is 13.2 Å². The molecule has 0 fully saturated rings. The quantitative estimate of drug-likeness (QED) is 0.624. The first-order valence-corrected chi connectivity index (χ1v) is 10.8. The van der Waals surface area contributed by atoms with Crippen molar-refractivity contribution in [3.8, 4) is 11.8 Å². The third-order valence-corrected chi connectivity index (χ3v) is 6.11. The predicted octanol–water partition coefficient (Wildman–Crippen LogP) is 3.08. The third-order valence-electron chi connectivity index (χ3n) is 5.81. The molecule has 9 nitrogen and oxygen atoms in total. The summed E-state index contributed by atoms with van der Waals surface area (Å²) < 4.78 is 13.5. The van der Waals surface area contributed by atoms with Crippen LogP contribution in [-0.4, -0.2) is 57.6 Å². The number of rotatable bonds is 5. The van der Waals surface area contributed by atoms with Crippen LogP contribution in [0.15, 0.2) is 12.4 Å². The molecule has 0 spiro atoms. The number of nitriles is 1. The van der Waals surface area contributed by atoms with Gasteiger partial charge in [0.2, 0.25) is 0 Å². The molecule has 1 aliphatic rings. The molecule has 10 heteroatoms. The molecule has 2 aromatic heterocycles. The molecule has 0 radical (unpaired) electrons. The van der Waals surface area contributed by atoms with Gasteiger partial charge in [-0.15, -0.1) is 0 Å². The van der Waals surface area contributed by atoms with Gasteiger partial charge in [-0.05, 0) is 26.8 Å². The van der Waals surface area contributed by atoms with E-state index in [9.17, 15) is 5.26 Å². The van der Waals surface area contributed by atoms with Crippen LogP contribution in [0.3, 0.4) is 0 Å². The number of aromatic nitrogens is 4. The lowest BCUT2D eigenvalue weighted by Gasteiger charge is -2.22. The van der Waals surface area contributed by atoms with Gasteiger partial charge in [-0.2, -0.15) is 10.4 Å². The maximum absolute atomic E-state index is 9.83. The van der Waals surface area contributed by atoms with Crippen molar-refractivity contribution < 1.29 is 9.47 Å². The van der Waals surface area contributed by atoms with Gasteiger partial charge in [-0.1, -0.05) is 11.6 Å². The Balaban J connectivity index is 1.87. The maximum atomic E-state index is 9.83. The summed E-state index contributed by atoms with van der Waals surface area (Å²) in [5, 5.41) is 15.6. The van der Waals surface area contributed by atoms with Crippen LogP contribution >= 0.6 is 11.6 Å². The van der Waals surface area contributed by atoms with E-state index < -0.39 is 0 Å². The summed E-state index contributed by atoms with van der Waals surface area (Å²) in [4.78, 5) is 10.7. The van der Waals surface area contributed by atoms with Crippen molar-refractivity contribution in [2.75, 3.05) is 32.5 Å². The van der Waals surface area contributed by atoms with Crippen molar-refractivity contribution in [1.82, 2.24) is 24.6 Å². The Labute approximate surface area is 191 Å². The number of nitrogens with two attached hydrogens (primary N) is 1. The highest BCUT2D eigenvalue weighted by Crippen LogP contribution is 2.40. The number of ether oxygens (including phenoxy) is 2. The first-order chi connectivity index (χ1) is 15.3. The number of hydrogen-bond donors (Lipinski definition) is 1. The standard InChI is InChI=1S/C22H26ClN7O2/c1-12-9-29(5-6-31-4)10-17-16(8-24)18(23)7-15(20(17)32-12)14(3)30-22-19(13(2)28-30)21(25)26-11-27-22/h7,11-12,14H,5-6,9-10H2,1-4H3,(H2,25,26,27). The molecule has 2 atom stereocenters. The average molecular weight is 456 g/mol. The summed E-state index contributed by atoms with van der Waals surface area (Å²) in [5.74, 6) is 1.07. The normalized spacial score (nSPS) is 17.4. The van der Waals surface area contributed by atoms with Gasteiger partial charge in [0.15, 0.2) is 5.65 Å². The smallest absolute Gasteiger partial charge is 0.164 e. The number of anilines is 1. The molecule has 32 heavy (non-hydrogen) atoms. The Morgan fingerprint density at radius 2 is 2.22 bits per heavy atom. The molecular weight excluding hydrogens is 430 g/mol. The average Bonchev–Trinajstić information content (AvgIpc) is 3.01. The molecule has 1 aromatic carbocycles. The summed E-state index contributed by atoms with van der Waals surface area (Å²) in [6.45, 7) is 8.47. The minimum atomic E-state index is -0.266. The van der Waals surface area contributed by atoms with Crippen molar-refractivity contribution >= 4 is 28.5 Å². The van der Waals surface area contributed by atoms with Crippen molar-refractivity contribution in [1.29, 1.82) is 5.26 Å². The van der Waals surface area contributed by atoms with Crippen molar-refractivity contribution in [3.05, 3.63) is 39.8 Å². The minimum absolute atomic E-state index is 0.0826. The molecule has 2 N–H and O–H groups in total. The zero-order chi connectivity index (χ0) is 23.0. The van der Waals surface area contributed by atoms with E-state index in [2.05, 4.69) is 26.0 Å². The Morgan fingerprint density at radius 1 is 1.44 bits per heavy atom. The molecule has 0 saturated carbocycles. The highest BCUT2D eigenvalue weighted by Gasteiger charge is 2.30. The van der Waals surface area contributed by atoms with Gasteiger partial charge in [-0.3, -0.25) is 4.90 Å². The van der Waals surface area contributed by atoms with Gasteiger partial charge in [0.05, 0.1) is 34.3 Å². The molecule has 0 aliphatic carbocycles. The van der Waals surface area contributed by atoms with E-state index in [0.29, 0.717) is 47.5 Å². The molecule has 168 valence electrons. The summed E-state index contributed by atoms with van der Waals surface area (Å²) in [6.07, 6.45) is 1.35. The van der Waals surface area contributed by atoms with Crippen LogP contribution in [0.25, 0.3) is 11.0 Å². The molecule has 1 aliphatic heterocycles. The lowest BCUT2D eigenvalue weighted by atomic mass is 9.98. The second-order valence-electron chi connectivity index (χ2n) is 8.06. The van der Waals surface area contributed by atoms with Gasteiger partial charge in [0.1, 0.15) is 30.1 Å². The summed E-state index contributed by atoms with van der Waals surface area (Å²) in [5.41, 5.74) is 9.51. The summed E-state index contributed by atoms with van der Waals surface area (Å²) >= 11 is 6.59. The SMILES string of the molecule is COCCN1Cc2c(C#N)c(Cl)cc(C(C)n3nc(C)c4c(N)ncnc43)c2OC(C)C1. The Kier molecular flexibility index (Phi) is 6.20. The number of nitrogen functional groups attached to an aromatic ring is 1. The number of nitrogens with zero attached hydrogens (tertiary/aromatic N) is 6. The first kappa shape index (κ1) is 22.3. The van der Waals surface area contributed by atoms with Gasteiger partial charge in [-0.25, -0.2) is 14.6 Å². The Morgan fingerprint density at radius 3 is 2.94 bits per heavy atom. The van der Waals surface area contributed by atoms with Crippen molar-refractivity contribution in [2.24, 2.45) is 0 Å². The van der Waals surface area contributed by atoms with E-state index in [1.165, 1.54) is 6.33 Å². The van der Waals surface area contributed by atoms with E-state index in [1.807, 2.05) is 25.5 Å². The second kappa shape index (κ2) is 8.90. The molecule has 3 heterocycles. The predicted molar refractivity (Wildman–Crippen MR) is 122 cm³/mol. The lowest BCUT2D eigenvalue weighted by molar-refractivity contribution is 0.117. The van der Waals surface area contributed by atoms with Crippen LogP contribution in [0.2, 0.25) is 5.02 Å². The highest BCUT2D eigenvalue weighted by molar-refractivity contribution is 6.32. The molecule has 2 unspecified atom stereocenters. The van der Waals surface area contributed by atoms with E-state index >= 15 is 0 Å². The largest absolute Gasteiger partial charge is 0.489 e. The van der Waals surface area contributed by atoms with Crippen LogP contribution < -0.4 is 10.5 Å². The molecule has 3 aromatic rings. The number of fused-ring (bicyclic) bond motifs is 2. The monoisotopic (exact) mass is 455 g/mol. The number of hydrogen-bond acceptors (Lipinski definition) is 8. The molecule has 0 amide bonds. The molecule has 4 rings (SSSR count). The minimum Gasteiger partial charge on any atom is -0.489 e. The second-order valence-corrected chi connectivity index (χ2v) is 8.47. The molecule has 0 bridgehead atoms. The third kappa shape index (κ3) is 3.86. The number of aryl methyl sites for hydroxylation is 1. The van der Waals surface area contributed by atoms with Crippen LogP contribution in [0.4, 0.5) is 5.82 Å². The van der Waals surface area contributed by atoms with E-state index in [-0.39, 0.29) is 12.1 Å². The van der Waals surface area contributed by atoms with Gasteiger partial charge in [0, 0.05) is 37.9 Å².